The first-order valence-corrected chi connectivity index (χ1v) is 8.96. The van der Waals surface area contributed by atoms with Gasteiger partial charge in [0.15, 0.2) is 5.96 Å². The molecule has 3 heteroatoms. The lowest BCUT2D eigenvalue weighted by atomic mass is 10.1. The Labute approximate surface area is 125 Å². The molecule has 2 rings (SSSR count). The number of hydrogen-bond acceptors (Lipinski definition) is 1. The van der Waals surface area contributed by atoms with Crippen molar-refractivity contribution in [1.29, 1.82) is 5.41 Å². The summed E-state index contributed by atoms with van der Waals surface area (Å²) >= 11 is 0. The van der Waals surface area contributed by atoms with Gasteiger partial charge in [0.1, 0.15) is 0 Å². The molecular formula is C17H33N3. The van der Waals surface area contributed by atoms with Gasteiger partial charge in [-0.15, -0.1) is 0 Å². The lowest BCUT2D eigenvalue weighted by Gasteiger charge is -2.33. The summed E-state index contributed by atoms with van der Waals surface area (Å²) in [6.45, 7) is 4.43. The van der Waals surface area contributed by atoms with Crippen LogP contribution >= 0.6 is 0 Å². The average molecular weight is 279 g/mol. The highest BCUT2D eigenvalue weighted by Gasteiger charge is 2.17. The standard InChI is InChI=1S/C17H33N3/c18-17(19-13-9-5-1-2-6-10-14-19)20-15-11-7-3-4-8-12-16-20/h18H,1-16H2. The average Bonchev–Trinajstić information content (AvgIpc) is 2.69. The molecule has 0 aliphatic carbocycles. The Morgan fingerprint density at radius 2 is 0.700 bits per heavy atom. The van der Waals surface area contributed by atoms with Crippen LogP contribution in [0.1, 0.15) is 77.0 Å². The Morgan fingerprint density at radius 3 is 1.00 bits per heavy atom. The molecule has 2 heterocycles. The first kappa shape index (κ1) is 15.7. The first-order chi connectivity index (χ1) is 9.88. The van der Waals surface area contributed by atoms with E-state index >= 15 is 0 Å². The number of rotatable bonds is 0. The summed E-state index contributed by atoms with van der Waals surface area (Å²) in [5, 5.41) is 8.61. The minimum Gasteiger partial charge on any atom is -0.343 e. The van der Waals surface area contributed by atoms with E-state index in [0.29, 0.717) is 0 Å². The zero-order valence-electron chi connectivity index (χ0n) is 13.2. The van der Waals surface area contributed by atoms with Gasteiger partial charge < -0.3 is 9.80 Å². The van der Waals surface area contributed by atoms with Crippen molar-refractivity contribution in [1.82, 2.24) is 9.80 Å². The Balaban J connectivity index is 1.87. The van der Waals surface area contributed by atoms with E-state index in [1.165, 1.54) is 77.0 Å². The van der Waals surface area contributed by atoms with Crippen LogP contribution in [0.2, 0.25) is 0 Å². The van der Waals surface area contributed by atoms with Gasteiger partial charge in [0.25, 0.3) is 0 Å². The molecule has 0 aromatic rings. The van der Waals surface area contributed by atoms with Gasteiger partial charge in [-0.25, -0.2) is 0 Å². The second-order valence-electron chi connectivity index (χ2n) is 6.54. The summed E-state index contributed by atoms with van der Waals surface area (Å²) in [6, 6.07) is 0. The Bertz CT molecular complexity index is 231. The van der Waals surface area contributed by atoms with Gasteiger partial charge in [-0.05, 0) is 25.7 Å². The molecule has 1 N–H and O–H groups in total. The predicted octanol–water partition coefficient (Wildman–Crippen LogP) is 4.23. The number of nitrogens with one attached hydrogen (secondary N) is 1. The van der Waals surface area contributed by atoms with Crippen molar-refractivity contribution in [3.05, 3.63) is 0 Å². The van der Waals surface area contributed by atoms with Crippen molar-refractivity contribution >= 4 is 5.96 Å². The predicted molar refractivity (Wildman–Crippen MR) is 86.3 cm³/mol. The quantitative estimate of drug-likeness (QED) is 0.531. The Morgan fingerprint density at radius 1 is 0.450 bits per heavy atom. The third-order valence-electron chi connectivity index (χ3n) is 4.81. The smallest absolute Gasteiger partial charge is 0.193 e. The molecule has 0 atom stereocenters. The van der Waals surface area contributed by atoms with Crippen LogP contribution in [0.5, 0.6) is 0 Å². The molecule has 3 nitrogen and oxygen atoms in total. The molecule has 2 fully saturated rings. The second kappa shape index (κ2) is 9.25. The summed E-state index contributed by atoms with van der Waals surface area (Å²) in [7, 11) is 0. The monoisotopic (exact) mass is 279 g/mol. The van der Waals surface area contributed by atoms with E-state index in [1.807, 2.05) is 0 Å². The van der Waals surface area contributed by atoms with Crippen LogP contribution < -0.4 is 0 Å². The molecule has 20 heavy (non-hydrogen) atoms. The Hall–Kier alpha value is -0.730. The van der Waals surface area contributed by atoms with Crippen LogP contribution in [0.15, 0.2) is 0 Å². The molecule has 0 aromatic carbocycles. The fraction of sp³-hybridized carbons (Fsp3) is 0.941. The topological polar surface area (TPSA) is 30.3 Å². The van der Waals surface area contributed by atoms with Crippen molar-refractivity contribution in [3.8, 4) is 0 Å². The van der Waals surface area contributed by atoms with Crippen LogP contribution in [0.3, 0.4) is 0 Å². The molecule has 0 unspecified atom stereocenters. The summed E-state index contributed by atoms with van der Waals surface area (Å²) in [5.74, 6) is 0.828. The summed E-state index contributed by atoms with van der Waals surface area (Å²) < 4.78 is 0. The van der Waals surface area contributed by atoms with Crippen molar-refractivity contribution in [2.75, 3.05) is 26.2 Å². The molecule has 0 radical (unpaired) electrons. The molecule has 116 valence electrons. The van der Waals surface area contributed by atoms with Crippen molar-refractivity contribution in [3.63, 3.8) is 0 Å². The third kappa shape index (κ3) is 5.34. The van der Waals surface area contributed by atoms with Crippen molar-refractivity contribution in [2.45, 2.75) is 77.0 Å². The largest absolute Gasteiger partial charge is 0.343 e. The van der Waals surface area contributed by atoms with E-state index in [-0.39, 0.29) is 0 Å². The van der Waals surface area contributed by atoms with Crippen molar-refractivity contribution in [2.24, 2.45) is 0 Å². The number of hydrogen-bond donors (Lipinski definition) is 1. The fourth-order valence-electron chi connectivity index (χ4n) is 3.47. The van der Waals surface area contributed by atoms with Crippen molar-refractivity contribution < 1.29 is 0 Å². The van der Waals surface area contributed by atoms with Crippen LogP contribution in [-0.2, 0) is 0 Å². The zero-order valence-corrected chi connectivity index (χ0v) is 13.2. The SMILES string of the molecule is N=C(N1CCCCCCCC1)N1CCCCCCCC1. The first-order valence-electron chi connectivity index (χ1n) is 8.96. The van der Waals surface area contributed by atoms with Gasteiger partial charge in [0.2, 0.25) is 0 Å². The van der Waals surface area contributed by atoms with E-state index in [0.717, 1.165) is 32.1 Å². The third-order valence-corrected chi connectivity index (χ3v) is 4.81. The van der Waals surface area contributed by atoms with E-state index in [1.54, 1.807) is 0 Å². The van der Waals surface area contributed by atoms with Crippen LogP contribution in [-0.4, -0.2) is 41.9 Å². The van der Waals surface area contributed by atoms with E-state index in [2.05, 4.69) is 9.80 Å². The van der Waals surface area contributed by atoms with Gasteiger partial charge in [0, 0.05) is 26.2 Å². The van der Waals surface area contributed by atoms with Gasteiger partial charge in [-0.1, -0.05) is 51.4 Å². The summed E-state index contributed by atoms with van der Waals surface area (Å²) in [5.41, 5.74) is 0. The lowest BCUT2D eigenvalue weighted by molar-refractivity contribution is 0.303. The molecule has 0 aromatic heterocycles. The number of guanidine groups is 1. The highest BCUT2D eigenvalue weighted by molar-refractivity contribution is 5.76. The van der Waals surface area contributed by atoms with Crippen LogP contribution in [0.4, 0.5) is 0 Å². The Kier molecular flexibility index (Phi) is 7.24. The molecule has 2 saturated heterocycles. The minimum atomic E-state index is 0.828. The molecule has 0 saturated carbocycles. The maximum atomic E-state index is 8.61. The van der Waals surface area contributed by atoms with Gasteiger partial charge in [-0.3, -0.25) is 5.41 Å². The molecule has 2 aliphatic rings. The van der Waals surface area contributed by atoms with E-state index < -0.39 is 0 Å². The zero-order chi connectivity index (χ0) is 14.0. The van der Waals surface area contributed by atoms with Gasteiger partial charge in [0.05, 0.1) is 0 Å². The molecule has 0 spiro atoms. The minimum absolute atomic E-state index is 0.828. The van der Waals surface area contributed by atoms with E-state index in [9.17, 15) is 0 Å². The molecular weight excluding hydrogens is 246 g/mol. The second-order valence-corrected chi connectivity index (χ2v) is 6.54. The maximum Gasteiger partial charge on any atom is 0.193 e. The highest BCUT2D eigenvalue weighted by atomic mass is 15.4. The van der Waals surface area contributed by atoms with E-state index in [4.69, 9.17) is 5.41 Å². The number of nitrogens with zero attached hydrogens (tertiary/aromatic N) is 2. The van der Waals surface area contributed by atoms with Gasteiger partial charge >= 0.3 is 0 Å². The normalized spacial score (nSPS) is 23.8. The fourth-order valence-corrected chi connectivity index (χ4v) is 3.47. The van der Waals surface area contributed by atoms with Crippen LogP contribution in [0.25, 0.3) is 0 Å². The molecule has 0 amide bonds. The summed E-state index contributed by atoms with van der Waals surface area (Å²) in [6.07, 6.45) is 16.1. The lowest BCUT2D eigenvalue weighted by Crippen LogP contribution is -2.45. The maximum absolute atomic E-state index is 8.61. The van der Waals surface area contributed by atoms with Gasteiger partial charge in [-0.2, -0.15) is 0 Å². The molecule has 0 bridgehead atoms. The summed E-state index contributed by atoms with van der Waals surface area (Å²) in [4.78, 5) is 4.73. The molecule has 2 aliphatic heterocycles. The van der Waals surface area contributed by atoms with Crippen LogP contribution in [0, 0.1) is 5.41 Å². The highest BCUT2D eigenvalue weighted by Crippen LogP contribution is 2.15.